The molecule has 1 aliphatic heterocycles. The summed E-state index contributed by atoms with van der Waals surface area (Å²) in [5.74, 6) is 0. The van der Waals surface area contributed by atoms with Crippen LogP contribution in [0.1, 0.15) is 38.5 Å². The zero-order valence-corrected chi connectivity index (χ0v) is 12.2. The molecule has 88 valence electrons. The normalized spacial score (nSPS) is 28.8. The van der Waals surface area contributed by atoms with Gasteiger partial charge in [-0.15, -0.1) is 0 Å². The van der Waals surface area contributed by atoms with Gasteiger partial charge in [-0.1, -0.05) is 0 Å². The van der Waals surface area contributed by atoms with E-state index in [1.165, 1.54) is 51.6 Å². The summed E-state index contributed by atoms with van der Waals surface area (Å²) in [6.07, 6.45) is 8.68. The fourth-order valence-corrected chi connectivity index (χ4v) is 3.67. The number of nitrogens with zero attached hydrogens (tertiary/aromatic N) is 2. The monoisotopic (exact) mass is 322 g/mol. The quantitative estimate of drug-likeness (QED) is 0.541. The van der Waals surface area contributed by atoms with Crippen LogP contribution >= 0.6 is 22.9 Å². The molecule has 0 N–H and O–H groups in total. The Morgan fingerprint density at radius 3 is 2.07 bits per heavy atom. The van der Waals surface area contributed by atoms with E-state index >= 15 is 0 Å². The van der Waals surface area contributed by atoms with Gasteiger partial charge >= 0.3 is 0 Å². The average Bonchev–Trinajstić information content (AvgIpc) is 2.24. The van der Waals surface area contributed by atoms with E-state index in [1.807, 2.05) is 0 Å². The van der Waals surface area contributed by atoms with E-state index in [4.69, 9.17) is 0 Å². The van der Waals surface area contributed by atoms with E-state index in [2.05, 4.69) is 45.0 Å². The molecule has 0 aromatic carbocycles. The third-order valence-corrected chi connectivity index (χ3v) is 5.48. The van der Waals surface area contributed by atoms with Gasteiger partial charge in [0.15, 0.2) is 0 Å². The van der Waals surface area contributed by atoms with E-state index in [-0.39, 0.29) is 0 Å². The van der Waals surface area contributed by atoms with Crippen LogP contribution in [-0.4, -0.2) is 41.2 Å². The molecule has 0 amide bonds. The summed E-state index contributed by atoms with van der Waals surface area (Å²) in [6, 6.07) is 0.855. The summed E-state index contributed by atoms with van der Waals surface area (Å²) in [6.45, 7) is 2.63. The summed E-state index contributed by atoms with van der Waals surface area (Å²) < 4.78 is 2.46. The van der Waals surface area contributed by atoms with E-state index < -0.39 is 0 Å². The summed E-state index contributed by atoms with van der Waals surface area (Å²) in [7, 11) is 4.46. The van der Waals surface area contributed by atoms with Crippen LogP contribution in [0.5, 0.6) is 0 Å². The Balaban J connectivity index is 1.86. The lowest BCUT2D eigenvalue weighted by molar-refractivity contribution is 0.0727. The van der Waals surface area contributed by atoms with Crippen LogP contribution in [0.3, 0.4) is 0 Å². The highest BCUT2D eigenvalue weighted by atomic mass is 127. The topological polar surface area (TPSA) is 6.48 Å². The fourth-order valence-electron chi connectivity index (χ4n) is 3.19. The maximum atomic E-state index is 2.48. The van der Waals surface area contributed by atoms with Crippen LogP contribution in [0, 0.1) is 5.41 Å². The maximum absolute atomic E-state index is 2.48. The molecule has 0 aromatic rings. The molecule has 0 radical (unpaired) electrons. The zero-order valence-electron chi connectivity index (χ0n) is 10.0. The Labute approximate surface area is 108 Å². The molecule has 0 bridgehead atoms. The third kappa shape index (κ3) is 2.86. The Bertz CT molecular complexity index is 200. The number of halogens is 1. The molecule has 2 aliphatic rings. The highest BCUT2D eigenvalue weighted by Crippen LogP contribution is 2.45. The summed E-state index contributed by atoms with van der Waals surface area (Å²) in [4.78, 5) is 2.42. The summed E-state index contributed by atoms with van der Waals surface area (Å²) in [5, 5.41) is 0. The minimum absolute atomic E-state index is 0.730. The van der Waals surface area contributed by atoms with Gasteiger partial charge in [0.2, 0.25) is 0 Å². The second kappa shape index (κ2) is 4.88. The first-order chi connectivity index (χ1) is 7.11. The van der Waals surface area contributed by atoms with Crippen molar-refractivity contribution in [3.63, 3.8) is 0 Å². The Morgan fingerprint density at radius 1 is 1.07 bits per heavy atom. The van der Waals surface area contributed by atoms with Gasteiger partial charge < -0.3 is 4.90 Å². The molecule has 1 aliphatic carbocycles. The lowest BCUT2D eigenvalue weighted by Gasteiger charge is -2.45. The highest BCUT2D eigenvalue weighted by molar-refractivity contribution is 14.1. The van der Waals surface area contributed by atoms with Gasteiger partial charge in [-0.25, -0.2) is 3.11 Å². The van der Waals surface area contributed by atoms with Crippen molar-refractivity contribution in [2.24, 2.45) is 5.41 Å². The molecule has 1 saturated carbocycles. The van der Waals surface area contributed by atoms with Gasteiger partial charge in [0.25, 0.3) is 0 Å². The number of hydrogen-bond donors (Lipinski definition) is 0. The van der Waals surface area contributed by atoms with E-state index in [0.717, 1.165) is 11.5 Å². The van der Waals surface area contributed by atoms with Crippen molar-refractivity contribution in [2.45, 2.75) is 44.6 Å². The lowest BCUT2D eigenvalue weighted by atomic mass is 9.67. The van der Waals surface area contributed by atoms with Crippen LogP contribution in [0.15, 0.2) is 0 Å². The zero-order chi connectivity index (χ0) is 10.9. The number of piperidine rings is 1. The number of rotatable bonds is 1. The molecular formula is C12H23IN2. The molecule has 2 rings (SSSR count). The lowest BCUT2D eigenvalue weighted by Crippen LogP contribution is -2.42. The molecule has 0 unspecified atom stereocenters. The standard InChI is InChI=1S/C12H23IN2/c1-14(2)11-3-5-12(6-4-11)7-9-15(13)10-8-12/h11H,3-10H2,1-2H3. The molecule has 1 saturated heterocycles. The Morgan fingerprint density at radius 2 is 1.60 bits per heavy atom. The maximum Gasteiger partial charge on any atom is 0.0201 e. The predicted molar refractivity (Wildman–Crippen MR) is 73.2 cm³/mol. The average molecular weight is 322 g/mol. The van der Waals surface area contributed by atoms with Crippen molar-refractivity contribution in [1.82, 2.24) is 8.01 Å². The van der Waals surface area contributed by atoms with Crippen LogP contribution < -0.4 is 0 Å². The minimum atomic E-state index is 0.730. The van der Waals surface area contributed by atoms with E-state index in [0.29, 0.717) is 0 Å². The molecule has 0 aromatic heterocycles. The predicted octanol–water partition coefficient (Wildman–Crippen LogP) is 2.92. The minimum Gasteiger partial charge on any atom is -0.306 e. The second-order valence-corrected chi connectivity index (χ2v) is 6.97. The van der Waals surface area contributed by atoms with Gasteiger partial charge in [-0.2, -0.15) is 0 Å². The Hall–Kier alpha value is 0.650. The first kappa shape index (κ1) is 12.1. The molecule has 3 heteroatoms. The van der Waals surface area contributed by atoms with Crippen LogP contribution in [-0.2, 0) is 0 Å². The first-order valence-electron chi connectivity index (χ1n) is 6.18. The molecular weight excluding hydrogens is 299 g/mol. The van der Waals surface area contributed by atoms with Gasteiger partial charge in [0.05, 0.1) is 0 Å². The van der Waals surface area contributed by atoms with E-state index in [9.17, 15) is 0 Å². The fraction of sp³-hybridized carbons (Fsp3) is 1.00. The van der Waals surface area contributed by atoms with Crippen molar-refractivity contribution < 1.29 is 0 Å². The van der Waals surface area contributed by atoms with Gasteiger partial charge in [-0.3, -0.25) is 0 Å². The molecule has 0 atom stereocenters. The molecule has 1 heterocycles. The van der Waals surface area contributed by atoms with Gasteiger partial charge in [0, 0.05) is 42.0 Å². The van der Waals surface area contributed by atoms with Crippen LogP contribution in [0.25, 0.3) is 0 Å². The van der Waals surface area contributed by atoms with Gasteiger partial charge in [-0.05, 0) is 58.0 Å². The highest BCUT2D eigenvalue weighted by Gasteiger charge is 2.37. The van der Waals surface area contributed by atoms with Crippen molar-refractivity contribution in [3.05, 3.63) is 0 Å². The van der Waals surface area contributed by atoms with Crippen LogP contribution in [0.4, 0.5) is 0 Å². The smallest absolute Gasteiger partial charge is 0.0201 e. The molecule has 2 nitrogen and oxygen atoms in total. The SMILES string of the molecule is CN(C)C1CCC2(CC1)CCN(I)CC2. The van der Waals surface area contributed by atoms with Crippen molar-refractivity contribution in [1.29, 1.82) is 0 Å². The third-order valence-electron chi connectivity index (χ3n) is 4.52. The summed E-state index contributed by atoms with van der Waals surface area (Å²) >= 11 is 2.48. The molecule has 2 fully saturated rings. The van der Waals surface area contributed by atoms with E-state index in [1.54, 1.807) is 0 Å². The van der Waals surface area contributed by atoms with Crippen molar-refractivity contribution in [3.8, 4) is 0 Å². The van der Waals surface area contributed by atoms with Crippen molar-refractivity contribution in [2.75, 3.05) is 27.2 Å². The van der Waals surface area contributed by atoms with Crippen LogP contribution in [0.2, 0.25) is 0 Å². The molecule has 15 heavy (non-hydrogen) atoms. The summed E-state index contributed by atoms with van der Waals surface area (Å²) in [5.41, 5.74) is 0.730. The molecule has 1 spiro atoms. The van der Waals surface area contributed by atoms with Crippen molar-refractivity contribution >= 4 is 22.9 Å². The Kier molecular flexibility index (Phi) is 3.94. The number of hydrogen-bond acceptors (Lipinski definition) is 2. The largest absolute Gasteiger partial charge is 0.306 e. The first-order valence-corrected chi connectivity index (χ1v) is 7.15. The van der Waals surface area contributed by atoms with Gasteiger partial charge in [0.1, 0.15) is 0 Å². The second-order valence-electron chi connectivity index (χ2n) is 5.60.